The fourth-order valence-corrected chi connectivity index (χ4v) is 2.65. The third-order valence-electron chi connectivity index (χ3n) is 2.95. The molecule has 0 aliphatic heterocycles. The van der Waals surface area contributed by atoms with E-state index >= 15 is 0 Å². The molecule has 0 amide bonds. The standard InChI is InChI=1S/C13H20ClNO5S/c1-4-15(21(17,18)19)7-11(16)8-20-12-5-9(2)13(14)10(3)6-12/h5-6,11,16H,4,7-8H2,1-3H3,(H,17,18,19)/t11-/m0/s1. The van der Waals surface area contributed by atoms with Gasteiger partial charge in [0.2, 0.25) is 0 Å². The number of aryl methyl sites for hydroxylation is 2. The van der Waals surface area contributed by atoms with Crippen LogP contribution in [-0.2, 0) is 10.3 Å². The number of aliphatic hydroxyl groups is 1. The minimum atomic E-state index is -4.31. The summed E-state index contributed by atoms with van der Waals surface area (Å²) in [5.74, 6) is 0.545. The summed E-state index contributed by atoms with van der Waals surface area (Å²) < 4.78 is 37.2. The Hall–Kier alpha value is -0.860. The maximum absolute atomic E-state index is 11.0. The topological polar surface area (TPSA) is 87.1 Å². The summed E-state index contributed by atoms with van der Waals surface area (Å²) in [5.41, 5.74) is 1.71. The van der Waals surface area contributed by atoms with Crippen LogP contribution in [0.4, 0.5) is 0 Å². The molecule has 8 heteroatoms. The summed E-state index contributed by atoms with van der Waals surface area (Å²) >= 11 is 6.04. The van der Waals surface area contributed by atoms with E-state index in [1.165, 1.54) is 0 Å². The van der Waals surface area contributed by atoms with Crippen LogP contribution >= 0.6 is 11.6 Å². The normalized spacial score (nSPS) is 13.5. The van der Waals surface area contributed by atoms with E-state index < -0.39 is 16.4 Å². The predicted octanol–water partition coefficient (Wildman–Crippen LogP) is 1.82. The summed E-state index contributed by atoms with van der Waals surface area (Å²) in [4.78, 5) is 0. The van der Waals surface area contributed by atoms with E-state index in [2.05, 4.69) is 0 Å². The van der Waals surface area contributed by atoms with E-state index in [4.69, 9.17) is 20.9 Å². The first-order chi connectivity index (χ1) is 9.65. The summed E-state index contributed by atoms with van der Waals surface area (Å²) in [6.07, 6.45) is -1.05. The lowest BCUT2D eigenvalue weighted by atomic mass is 10.1. The molecule has 1 rings (SSSR count). The summed E-state index contributed by atoms with van der Waals surface area (Å²) in [5, 5.41) is 10.5. The van der Waals surface area contributed by atoms with E-state index in [1.54, 1.807) is 19.1 Å². The lowest BCUT2D eigenvalue weighted by Crippen LogP contribution is -2.39. The molecule has 0 radical (unpaired) electrons. The SMILES string of the molecule is CCN(C[C@H](O)COc1cc(C)c(Cl)c(C)c1)S(=O)(=O)O. The zero-order valence-corrected chi connectivity index (χ0v) is 13.8. The number of aliphatic hydroxyl groups excluding tert-OH is 1. The number of halogens is 1. The van der Waals surface area contributed by atoms with Crippen LogP contribution in [0.2, 0.25) is 5.02 Å². The van der Waals surface area contributed by atoms with Gasteiger partial charge in [-0.05, 0) is 37.1 Å². The van der Waals surface area contributed by atoms with Gasteiger partial charge in [0.25, 0.3) is 0 Å². The third-order valence-corrected chi connectivity index (χ3v) is 4.60. The van der Waals surface area contributed by atoms with Gasteiger partial charge in [-0.2, -0.15) is 12.7 Å². The van der Waals surface area contributed by atoms with Gasteiger partial charge < -0.3 is 9.84 Å². The highest BCUT2D eigenvalue weighted by atomic mass is 35.5. The monoisotopic (exact) mass is 337 g/mol. The van der Waals surface area contributed by atoms with Gasteiger partial charge in [-0.15, -0.1) is 0 Å². The Morgan fingerprint density at radius 2 is 1.86 bits per heavy atom. The van der Waals surface area contributed by atoms with Crippen LogP contribution in [0.25, 0.3) is 0 Å². The number of likely N-dealkylation sites (N-methyl/N-ethyl adjacent to an activating group) is 1. The Kier molecular flexibility index (Phi) is 6.42. The van der Waals surface area contributed by atoms with E-state index in [1.807, 2.05) is 13.8 Å². The second kappa shape index (κ2) is 7.42. The molecule has 0 aliphatic carbocycles. The van der Waals surface area contributed by atoms with Crippen molar-refractivity contribution in [3.8, 4) is 5.75 Å². The molecule has 0 saturated heterocycles. The van der Waals surface area contributed by atoms with Gasteiger partial charge in [0.05, 0.1) is 0 Å². The molecule has 0 unspecified atom stereocenters. The zero-order valence-electron chi connectivity index (χ0n) is 12.2. The van der Waals surface area contributed by atoms with Gasteiger partial charge in [-0.25, -0.2) is 0 Å². The van der Waals surface area contributed by atoms with Gasteiger partial charge in [0.1, 0.15) is 18.5 Å². The van der Waals surface area contributed by atoms with Crippen LogP contribution in [0, 0.1) is 13.8 Å². The maximum atomic E-state index is 11.0. The van der Waals surface area contributed by atoms with Crippen molar-refractivity contribution in [3.63, 3.8) is 0 Å². The van der Waals surface area contributed by atoms with Gasteiger partial charge in [0, 0.05) is 18.1 Å². The molecule has 0 saturated carbocycles. The zero-order chi connectivity index (χ0) is 16.2. The molecule has 2 N–H and O–H groups in total. The van der Waals surface area contributed by atoms with Crippen LogP contribution in [0.1, 0.15) is 18.1 Å². The molecule has 0 fully saturated rings. The largest absolute Gasteiger partial charge is 0.491 e. The number of hydrogen-bond donors (Lipinski definition) is 2. The molecule has 21 heavy (non-hydrogen) atoms. The van der Waals surface area contributed by atoms with Crippen molar-refractivity contribution < 1.29 is 22.8 Å². The van der Waals surface area contributed by atoms with Crippen molar-refractivity contribution in [2.75, 3.05) is 19.7 Å². The Morgan fingerprint density at radius 3 is 2.29 bits per heavy atom. The van der Waals surface area contributed by atoms with E-state index in [9.17, 15) is 13.5 Å². The highest BCUT2D eigenvalue weighted by molar-refractivity contribution is 7.83. The molecular formula is C13H20ClNO5S. The molecule has 120 valence electrons. The first kappa shape index (κ1) is 18.2. The molecule has 1 aromatic carbocycles. The number of benzene rings is 1. The molecule has 1 aromatic rings. The molecule has 6 nitrogen and oxygen atoms in total. The smallest absolute Gasteiger partial charge is 0.335 e. The van der Waals surface area contributed by atoms with Crippen LogP contribution in [0.5, 0.6) is 5.75 Å². The van der Waals surface area contributed by atoms with Gasteiger partial charge in [-0.3, -0.25) is 4.55 Å². The van der Waals surface area contributed by atoms with Crippen molar-refractivity contribution in [2.24, 2.45) is 0 Å². The summed E-state index contributed by atoms with van der Waals surface area (Å²) in [6.45, 7) is 4.99. The van der Waals surface area contributed by atoms with Crippen molar-refractivity contribution in [1.29, 1.82) is 0 Å². The van der Waals surface area contributed by atoms with E-state index in [-0.39, 0.29) is 19.7 Å². The van der Waals surface area contributed by atoms with Crippen LogP contribution < -0.4 is 4.74 Å². The molecule has 0 heterocycles. The third kappa shape index (κ3) is 5.44. The molecular weight excluding hydrogens is 318 g/mol. The summed E-state index contributed by atoms with van der Waals surface area (Å²) in [7, 11) is -4.31. The lowest BCUT2D eigenvalue weighted by Gasteiger charge is -2.20. The van der Waals surface area contributed by atoms with Gasteiger partial charge in [-0.1, -0.05) is 18.5 Å². The molecule has 0 aromatic heterocycles. The Balaban J connectivity index is 2.63. The average Bonchev–Trinajstić information content (AvgIpc) is 2.38. The number of hydrogen-bond acceptors (Lipinski definition) is 4. The fraction of sp³-hybridized carbons (Fsp3) is 0.538. The maximum Gasteiger partial charge on any atom is 0.335 e. The Bertz CT molecular complexity index is 567. The first-order valence-corrected chi connectivity index (χ1v) is 8.22. The predicted molar refractivity (Wildman–Crippen MR) is 81.2 cm³/mol. The van der Waals surface area contributed by atoms with Crippen LogP contribution in [-0.4, -0.2) is 48.2 Å². The summed E-state index contributed by atoms with van der Waals surface area (Å²) in [6, 6.07) is 3.48. The number of nitrogens with zero attached hydrogens (tertiary/aromatic N) is 1. The van der Waals surface area contributed by atoms with Crippen LogP contribution in [0.15, 0.2) is 12.1 Å². The Labute approximate surface area is 130 Å². The molecule has 0 aliphatic rings. The van der Waals surface area contributed by atoms with Crippen LogP contribution in [0.3, 0.4) is 0 Å². The molecule has 0 bridgehead atoms. The molecule has 0 spiro atoms. The van der Waals surface area contributed by atoms with Crippen molar-refractivity contribution in [2.45, 2.75) is 26.9 Å². The first-order valence-electron chi connectivity index (χ1n) is 6.45. The highest BCUT2D eigenvalue weighted by Crippen LogP contribution is 2.25. The number of ether oxygens (including phenoxy) is 1. The highest BCUT2D eigenvalue weighted by Gasteiger charge is 2.20. The fourth-order valence-electron chi connectivity index (χ4n) is 1.86. The van der Waals surface area contributed by atoms with E-state index in [0.29, 0.717) is 10.8 Å². The quantitative estimate of drug-likeness (QED) is 0.741. The number of rotatable bonds is 7. The minimum absolute atomic E-state index is 0.0645. The second-order valence-electron chi connectivity index (χ2n) is 4.76. The minimum Gasteiger partial charge on any atom is -0.491 e. The van der Waals surface area contributed by atoms with Gasteiger partial charge >= 0.3 is 10.3 Å². The second-order valence-corrected chi connectivity index (χ2v) is 6.55. The Morgan fingerprint density at radius 1 is 1.33 bits per heavy atom. The van der Waals surface area contributed by atoms with Crippen molar-refractivity contribution >= 4 is 21.9 Å². The van der Waals surface area contributed by atoms with Gasteiger partial charge in [0.15, 0.2) is 0 Å². The lowest BCUT2D eigenvalue weighted by molar-refractivity contribution is 0.0881. The van der Waals surface area contributed by atoms with Crippen molar-refractivity contribution in [1.82, 2.24) is 4.31 Å². The van der Waals surface area contributed by atoms with Crippen molar-refractivity contribution in [3.05, 3.63) is 28.3 Å². The molecule has 1 atom stereocenters. The van der Waals surface area contributed by atoms with E-state index in [0.717, 1.165) is 15.4 Å². The average molecular weight is 338 g/mol.